The summed E-state index contributed by atoms with van der Waals surface area (Å²) >= 11 is 1.42. The smallest absolute Gasteiger partial charge is 0.299 e. The predicted molar refractivity (Wildman–Crippen MR) is 172 cm³/mol. The maximum Gasteiger partial charge on any atom is 0.299 e. The van der Waals surface area contributed by atoms with E-state index in [0.29, 0.717) is 29.2 Å². The Bertz CT molecular complexity index is 1710. The highest BCUT2D eigenvalue weighted by atomic mass is 32.1. The predicted octanol–water partition coefficient (Wildman–Crippen LogP) is 5.39. The van der Waals surface area contributed by atoms with Crippen molar-refractivity contribution in [1.82, 2.24) is 9.88 Å². The molecule has 3 aromatic carbocycles. The Morgan fingerprint density at radius 2 is 1.61 bits per heavy atom. The average Bonchev–Trinajstić information content (AvgIpc) is 3.78. The molecule has 3 amide bonds. The summed E-state index contributed by atoms with van der Waals surface area (Å²) in [5.74, 6) is -2.07. The second-order valence-electron chi connectivity index (χ2n) is 11.3. The second kappa shape index (κ2) is 12.0. The van der Waals surface area contributed by atoms with Crippen LogP contribution in [-0.2, 0) is 20.9 Å². The van der Waals surface area contributed by atoms with Crippen molar-refractivity contribution in [2.75, 3.05) is 35.8 Å². The van der Waals surface area contributed by atoms with E-state index in [1.807, 2.05) is 79.0 Å². The average molecular weight is 608 g/mol. The Labute approximate surface area is 260 Å². The number of carbonyl (C=O) groups excluding carboxylic acids is 4. The molecular weight excluding hydrogens is 574 g/mol. The Morgan fingerprint density at radius 1 is 0.932 bits per heavy atom. The highest BCUT2D eigenvalue weighted by Gasteiger charge is 2.49. The van der Waals surface area contributed by atoms with Gasteiger partial charge in [0.15, 0.2) is 0 Å². The minimum absolute atomic E-state index is 0.0982. The van der Waals surface area contributed by atoms with Gasteiger partial charge in [-0.1, -0.05) is 55.3 Å². The first kappa shape index (κ1) is 29.3. The van der Waals surface area contributed by atoms with Crippen molar-refractivity contribution >= 4 is 51.9 Å². The number of benzene rings is 3. The molecule has 1 N–H and O–H groups in total. The zero-order chi connectivity index (χ0) is 30.8. The number of Topliss-reactive ketones (excluding diaryl/α,β-unsaturated/α-hetero) is 1. The fourth-order valence-electron chi connectivity index (χ4n) is 6.03. The number of carbonyl (C=O) groups is 4. The van der Waals surface area contributed by atoms with Crippen molar-refractivity contribution < 1.29 is 19.2 Å². The first-order valence-corrected chi connectivity index (χ1v) is 15.5. The maximum absolute atomic E-state index is 14.3. The van der Waals surface area contributed by atoms with Gasteiger partial charge in [0.2, 0.25) is 11.8 Å². The van der Waals surface area contributed by atoms with E-state index < -0.39 is 23.1 Å². The van der Waals surface area contributed by atoms with Gasteiger partial charge in [-0.2, -0.15) is 0 Å². The lowest BCUT2D eigenvalue weighted by molar-refractivity contribution is -0.145. The van der Waals surface area contributed by atoms with Crippen molar-refractivity contribution in [2.24, 2.45) is 0 Å². The number of anilines is 3. The molecule has 1 aliphatic heterocycles. The Kier molecular flexibility index (Phi) is 8.01. The summed E-state index contributed by atoms with van der Waals surface area (Å²) < 4.78 is 0. The number of amides is 3. The summed E-state index contributed by atoms with van der Waals surface area (Å²) in [5, 5.41) is 5.69. The molecule has 9 nitrogen and oxygen atoms in total. The fraction of sp³-hybridized carbons (Fsp3) is 0.265. The van der Waals surface area contributed by atoms with Crippen LogP contribution in [0.2, 0.25) is 0 Å². The van der Waals surface area contributed by atoms with E-state index in [0.717, 1.165) is 29.8 Å². The number of ketones is 1. The zero-order valence-electron chi connectivity index (χ0n) is 24.7. The molecule has 1 saturated carbocycles. The van der Waals surface area contributed by atoms with Crippen LogP contribution in [-0.4, -0.2) is 59.6 Å². The maximum atomic E-state index is 14.3. The lowest BCUT2D eigenvalue weighted by atomic mass is 9.92. The lowest BCUT2D eigenvalue weighted by Gasteiger charge is -2.40. The number of nitrogens with one attached hydrogen (secondary N) is 1. The van der Waals surface area contributed by atoms with E-state index in [-0.39, 0.29) is 24.6 Å². The third kappa shape index (κ3) is 5.48. The van der Waals surface area contributed by atoms with Gasteiger partial charge in [0.1, 0.15) is 17.1 Å². The summed E-state index contributed by atoms with van der Waals surface area (Å²) in [4.78, 5) is 63.8. The second-order valence-corrected chi connectivity index (χ2v) is 12.3. The molecule has 0 spiro atoms. The molecule has 1 aliphatic carbocycles. The standard InChI is InChI=1S/C34H33N5O4S/c1-37(2)25-16-14-24(15-17-25)35-33(43)34(18-8-9-19-34)39(20-29-36-27(22-44-29)23-10-4-3-5-11-23)30(40)21-38-28-13-7-6-12-26(28)31(41)32(38)42/h3-7,10-17,22H,8-9,18-21H2,1-2H3,(H,35,43). The van der Waals surface area contributed by atoms with Crippen molar-refractivity contribution in [3.05, 3.63) is 94.8 Å². The third-order valence-electron chi connectivity index (χ3n) is 8.40. The zero-order valence-corrected chi connectivity index (χ0v) is 25.5. The van der Waals surface area contributed by atoms with E-state index >= 15 is 0 Å². The minimum Gasteiger partial charge on any atom is -0.378 e. The molecule has 2 aliphatic rings. The van der Waals surface area contributed by atoms with E-state index in [4.69, 9.17) is 4.98 Å². The van der Waals surface area contributed by atoms with Gasteiger partial charge in [-0.25, -0.2) is 4.98 Å². The number of hydrogen-bond donors (Lipinski definition) is 1. The molecule has 2 heterocycles. The molecule has 44 heavy (non-hydrogen) atoms. The summed E-state index contributed by atoms with van der Waals surface area (Å²) in [7, 11) is 3.90. The highest BCUT2D eigenvalue weighted by molar-refractivity contribution is 7.09. The van der Waals surface area contributed by atoms with Gasteiger partial charge >= 0.3 is 0 Å². The van der Waals surface area contributed by atoms with Gasteiger partial charge in [-0.05, 0) is 49.2 Å². The first-order chi connectivity index (χ1) is 21.3. The quantitative estimate of drug-likeness (QED) is 0.256. The van der Waals surface area contributed by atoms with Crippen molar-refractivity contribution in [2.45, 2.75) is 37.8 Å². The number of hydrogen-bond acceptors (Lipinski definition) is 7. The van der Waals surface area contributed by atoms with Gasteiger partial charge in [-0.15, -0.1) is 11.3 Å². The molecule has 1 aromatic heterocycles. The van der Waals surface area contributed by atoms with Crippen LogP contribution in [0, 0.1) is 0 Å². The van der Waals surface area contributed by atoms with E-state index in [2.05, 4.69) is 5.32 Å². The summed E-state index contributed by atoms with van der Waals surface area (Å²) in [5.41, 5.74) is 2.91. The minimum atomic E-state index is -1.15. The van der Waals surface area contributed by atoms with Gasteiger partial charge in [0, 0.05) is 36.4 Å². The van der Waals surface area contributed by atoms with Gasteiger partial charge in [-0.3, -0.25) is 24.1 Å². The van der Waals surface area contributed by atoms with Crippen LogP contribution in [0.3, 0.4) is 0 Å². The van der Waals surface area contributed by atoms with E-state index in [1.54, 1.807) is 29.2 Å². The molecular formula is C34H33N5O4S. The first-order valence-electron chi connectivity index (χ1n) is 14.6. The largest absolute Gasteiger partial charge is 0.378 e. The number of rotatable bonds is 9. The molecule has 0 radical (unpaired) electrons. The third-order valence-corrected chi connectivity index (χ3v) is 9.23. The van der Waals surface area contributed by atoms with Crippen LogP contribution < -0.4 is 15.1 Å². The Balaban J connectivity index is 1.34. The van der Waals surface area contributed by atoms with Crippen molar-refractivity contribution in [1.29, 1.82) is 0 Å². The van der Waals surface area contributed by atoms with E-state index in [9.17, 15) is 19.2 Å². The molecule has 6 rings (SSSR count). The van der Waals surface area contributed by atoms with Crippen molar-refractivity contribution in [3.8, 4) is 11.3 Å². The van der Waals surface area contributed by atoms with Crippen LogP contribution in [0.1, 0.15) is 41.0 Å². The fourth-order valence-corrected chi connectivity index (χ4v) is 6.83. The van der Waals surface area contributed by atoms with Gasteiger partial charge in [0.05, 0.1) is 23.5 Å². The SMILES string of the molecule is CN(C)c1ccc(NC(=O)C2(N(Cc3nc(-c4ccccc4)cs3)C(=O)CN3C(=O)C(=O)c4ccccc43)CCCC2)cc1. The molecule has 4 aromatic rings. The number of para-hydroxylation sites is 1. The Hall–Kier alpha value is -4.83. The number of aromatic nitrogens is 1. The topological polar surface area (TPSA) is 103 Å². The van der Waals surface area contributed by atoms with Crippen LogP contribution in [0.25, 0.3) is 11.3 Å². The van der Waals surface area contributed by atoms with Crippen LogP contribution in [0.5, 0.6) is 0 Å². The molecule has 0 unspecified atom stereocenters. The highest BCUT2D eigenvalue weighted by Crippen LogP contribution is 2.39. The van der Waals surface area contributed by atoms with Crippen molar-refractivity contribution in [3.63, 3.8) is 0 Å². The normalized spacial score (nSPS) is 15.3. The number of thiazole rings is 1. The summed E-state index contributed by atoms with van der Waals surface area (Å²) in [6, 6.07) is 24.0. The molecule has 10 heteroatoms. The summed E-state index contributed by atoms with van der Waals surface area (Å²) in [6.07, 6.45) is 2.49. The van der Waals surface area contributed by atoms with Gasteiger partial charge in [0.25, 0.3) is 11.7 Å². The molecule has 0 bridgehead atoms. The van der Waals surface area contributed by atoms with Gasteiger partial charge < -0.3 is 15.1 Å². The molecule has 224 valence electrons. The van der Waals surface area contributed by atoms with Crippen LogP contribution in [0.4, 0.5) is 17.1 Å². The Morgan fingerprint density at radius 3 is 2.32 bits per heavy atom. The monoisotopic (exact) mass is 607 g/mol. The number of nitrogens with zero attached hydrogens (tertiary/aromatic N) is 4. The molecule has 0 atom stereocenters. The van der Waals surface area contributed by atoms with E-state index in [1.165, 1.54) is 16.2 Å². The number of fused-ring (bicyclic) bond motifs is 1. The molecule has 0 saturated heterocycles. The van der Waals surface area contributed by atoms with Crippen LogP contribution in [0.15, 0.2) is 84.2 Å². The lowest BCUT2D eigenvalue weighted by Crippen LogP contribution is -2.59. The van der Waals surface area contributed by atoms with Crippen LogP contribution >= 0.6 is 11.3 Å². The summed E-state index contributed by atoms with van der Waals surface area (Å²) in [6.45, 7) is -0.258. The molecule has 1 fully saturated rings.